The molecule has 1 aromatic heterocycles. The molecule has 10 heteroatoms. The average Bonchev–Trinajstić information content (AvgIpc) is 2.79. The highest BCUT2D eigenvalue weighted by atomic mass is 16.5. The molecule has 1 heterocycles. The molecule has 178 valence electrons. The number of aliphatic hydroxyl groups is 1. The fourth-order valence-electron chi connectivity index (χ4n) is 3.01. The maximum atomic E-state index is 12.5. The Labute approximate surface area is 193 Å². The summed E-state index contributed by atoms with van der Waals surface area (Å²) in [5, 5.41) is 29.5. The lowest BCUT2D eigenvalue weighted by atomic mass is 10.1. The number of phenols is 1. The first-order valence-corrected chi connectivity index (χ1v) is 10.1. The molecular formula is C24H23NO9. The van der Waals surface area contributed by atoms with Crippen LogP contribution in [0.3, 0.4) is 0 Å². The van der Waals surface area contributed by atoms with E-state index in [0.29, 0.717) is 0 Å². The number of rotatable bonds is 10. The molecule has 1 atom stereocenters. The van der Waals surface area contributed by atoms with E-state index in [1.165, 1.54) is 48.7 Å². The van der Waals surface area contributed by atoms with Crippen LogP contribution in [0.2, 0.25) is 0 Å². The number of fused-ring (bicyclic) bond motifs is 1. The molecule has 0 aliphatic carbocycles. The van der Waals surface area contributed by atoms with Crippen molar-refractivity contribution in [2.24, 2.45) is 0 Å². The molecule has 0 fully saturated rings. The van der Waals surface area contributed by atoms with Crippen LogP contribution < -0.4 is 14.9 Å². The summed E-state index contributed by atoms with van der Waals surface area (Å²) in [7, 11) is 3.49. The normalized spacial score (nSPS) is 12.0. The van der Waals surface area contributed by atoms with Crippen LogP contribution in [0.5, 0.6) is 17.2 Å². The third-order valence-corrected chi connectivity index (χ3v) is 4.56. The van der Waals surface area contributed by atoms with Crippen molar-refractivity contribution in [3.05, 3.63) is 76.3 Å². The molecule has 0 aliphatic heterocycles. The maximum absolute atomic E-state index is 12.5. The van der Waals surface area contributed by atoms with Crippen molar-refractivity contribution in [3.8, 4) is 17.2 Å². The number of benzene rings is 2. The molecule has 34 heavy (non-hydrogen) atoms. The van der Waals surface area contributed by atoms with Gasteiger partial charge in [-0.25, -0.2) is 4.79 Å². The number of hydrogen-bond acceptors (Lipinski definition) is 9. The van der Waals surface area contributed by atoms with Crippen molar-refractivity contribution in [1.29, 1.82) is 0 Å². The molecule has 0 bridgehead atoms. The molecule has 10 nitrogen and oxygen atoms in total. The molecule has 0 saturated heterocycles. The van der Waals surface area contributed by atoms with Gasteiger partial charge in [-0.1, -0.05) is 12.1 Å². The molecule has 0 aliphatic rings. The first-order valence-electron chi connectivity index (χ1n) is 10.1. The van der Waals surface area contributed by atoms with Crippen LogP contribution in [0, 0.1) is 0 Å². The van der Waals surface area contributed by atoms with E-state index in [2.05, 4.69) is 0 Å². The number of allylic oxidation sites excluding steroid dienone is 1. The quantitative estimate of drug-likeness (QED) is 0.298. The third kappa shape index (κ3) is 5.73. The Morgan fingerprint density at radius 2 is 1.74 bits per heavy atom. The summed E-state index contributed by atoms with van der Waals surface area (Å²) in [6.07, 6.45) is 1.65. The van der Waals surface area contributed by atoms with Crippen molar-refractivity contribution in [2.45, 2.75) is 6.10 Å². The van der Waals surface area contributed by atoms with Gasteiger partial charge in [-0.05, 0) is 24.3 Å². The number of hydrogen-bond donors (Lipinski definition) is 3. The smallest absolute Gasteiger partial charge is 0.371 e. The van der Waals surface area contributed by atoms with Gasteiger partial charge in [0.05, 0.1) is 0 Å². The van der Waals surface area contributed by atoms with Crippen molar-refractivity contribution in [2.75, 3.05) is 27.3 Å². The molecular weight excluding hydrogens is 446 g/mol. The highest BCUT2D eigenvalue weighted by Gasteiger charge is 2.18. The van der Waals surface area contributed by atoms with Gasteiger partial charge in [0.25, 0.3) is 0 Å². The van der Waals surface area contributed by atoms with Gasteiger partial charge >= 0.3 is 5.97 Å². The Hall–Kier alpha value is -4.31. The largest absolute Gasteiger partial charge is 0.507 e. The standard InChI is InChI=1S/C24H23NO9/c1-25(2)10-9-16(28)22-15(27)5-3-6-18(22)32-12-14(26)13-33-19-7-4-8-20-23(19)17(29)11-21(34-20)24(30)31/h3-11,14,26-27H,12-13H2,1-2H3,(H,30,31)/b10-9+. The van der Waals surface area contributed by atoms with Gasteiger partial charge in [0.1, 0.15) is 53.1 Å². The zero-order chi connectivity index (χ0) is 24.8. The van der Waals surface area contributed by atoms with Gasteiger partial charge in [0.2, 0.25) is 5.76 Å². The van der Waals surface area contributed by atoms with Gasteiger partial charge in [0, 0.05) is 32.4 Å². The first-order chi connectivity index (χ1) is 16.2. The van der Waals surface area contributed by atoms with Gasteiger partial charge < -0.3 is 34.1 Å². The summed E-state index contributed by atoms with van der Waals surface area (Å²) in [5.74, 6) is -2.43. The Bertz CT molecular complexity index is 1290. The second-order valence-corrected chi connectivity index (χ2v) is 7.48. The predicted molar refractivity (Wildman–Crippen MR) is 122 cm³/mol. The highest BCUT2D eigenvalue weighted by Crippen LogP contribution is 2.29. The lowest BCUT2D eigenvalue weighted by molar-refractivity contribution is 0.0624. The van der Waals surface area contributed by atoms with Gasteiger partial charge in [0.15, 0.2) is 11.2 Å². The van der Waals surface area contributed by atoms with Crippen LogP contribution in [0.4, 0.5) is 0 Å². The summed E-state index contributed by atoms with van der Waals surface area (Å²) in [6.45, 7) is -0.550. The molecule has 2 aromatic carbocycles. The number of carbonyl (C=O) groups excluding carboxylic acids is 1. The number of carboxylic acids is 1. The lowest BCUT2D eigenvalue weighted by Crippen LogP contribution is -2.25. The van der Waals surface area contributed by atoms with Crippen LogP contribution >= 0.6 is 0 Å². The molecule has 0 spiro atoms. The summed E-state index contributed by atoms with van der Waals surface area (Å²) < 4.78 is 16.3. The zero-order valence-corrected chi connectivity index (χ0v) is 18.4. The maximum Gasteiger partial charge on any atom is 0.371 e. The summed E-state index contributed by atoms with van der Waals surface area (Å²) in [4.78, 5) is 37.6. The number of aliphatic hydroxyl groups excluding tert-OH is 1. The van der Waals surface area contributed by atoms with Crippen molar-refractivity contribution >= 4 is 22.7 Å². The average molecular weight is 469 g/mol. The third-order valence-electron chi connectivity index (χ3n) is 4.56. The number of ketones is 1. The van der Waals surface area contributed by atoms with E-state index in [-0.39, 0.29) is 47.0 Å². The Morgan fingerprint density at radius 1 is 1.09 bits per heavy atom. The Morgan fingerprint density at radius 3 is 2.41 bits per heavy atom. The van der Waals surface area contributed by atoms with Crippen LogP contribution in [0.15, 0.2) is 64.0 Å². The van der Waals surface area contributed by atoms with Crippen LogP contribution in [0.25, 0.3) is 11.0 Å². The van der Waals surface area contributed by atoms with E-state index in [4.69, 9.17) is 19.0 Å². The second-order valence-electron chi connectivity index (χ2n) is 7.48. The van der Waals surface area contributed by atoms with Crippen LogP contribution in [0.1, 0.15) is 20.9 Å². The monoisotopic (exact) mass is 469 g/mol. The van der Waals surface area contributed by atoms with E-state index < -0.39 is 29.0 Å². The molecule has 3 N–H and O–H groups in total. The summed E-state index contributed by atoms with van der Waals surface area (Å²) in [5.41, 5.74) is -0.620. The molecule has 3 aromatic rings. The van der Waals surface area contributed by atoms with E-state index in [1.807, 2.05) is 0 Å². The number of aromatic hydroxyl groups is 1. The summed E-state index contributed by atoms with van der Waals surface area (Å²) >= 11 is 0. The number of ether oxygens (including phenoxy) is 2. The van der Waals surface area contributed by atoms with Gasteiger partial charge in [-0.2, -0.15) is 0 Å². The van der Waals surface area contributed by atoms with Gasteiger partial charge in [-0.15, -0.1) is 0 Å². The predicted octanol–water partition coefficient (Wildman–Crippen LogP) is 2.27. The Kier molecular flexibility index (Phi) is 7.54. The molecule has 0 saturated carbocycles. The van der Waals surface area contributed by atoms with E-state index in [1.54, 1.807) is 19.0 Å². The van der Waals surface area contributed by atoms with Gasteiger partial charge in [-0.3, -0.25) is 9.59 Å². The molecule has 0 radical (unpaired) electrons. The van der Waals surface area contributed by atoms with Crippen molar-refractivity contribution in [3.63, 3.8) is 0 Å². The minimum absolute atomic E-state index is 0.0295. The van der Waals surface area contributed by atoms with E-state index in [0.717, 1.165) is 6.07 Å². The molecule has 0 amide bonds. The number of nitrogens with zero attached hydrogens (tertiary/aromatic N) is 1. The Balaban J connectivity index is 1.70. The van der Waals surface area contributed by atoms with E-state index in [9.17, 15) is 24.6 Å². The molecule has 3 rings (SSSR count). The topological polar surface area (TPSA) is 147 Å². The fourth-order valence-corrected chi connectivity index (χ4v) is 3.01. The highest BCUT2D eigenvalue weighted by molar-refractivity contribution is 6.08. The van der Waals surface area contributed by atoms with Crippen molar-refractivity contribution in [1.82, 2.24) is 4.90 Å². The van der Waals surface area contributed by atoms with E-state index >= 15 is 0 Å². The number of carboxylic acid groups (broad SMARTS) is 1. The van der Waals surface area contributed by atoms with Crippen molar-refractivity contribution < 1.29 is 38.8 Å². The zero-order valence-electron chi connectivity index (χ0n) is 18.4. The number of carbonyl (C=O) groups is 2. The summed E-state index contributed by atoms with van der Waals surface area (Å²) in [6, 6.07) is 9.62. The van der Waals surface area contributed by atoms with Crippen LogP contribution in [-0.2, 0) is 0 Å². The number of phenolic OH excluding ortho intramolecular Hbond substituents is 1. The fraction of sp³-hybridized carbons (Fsp3) is 0.208. The van der Waals surface area contributed by atoms with Crippen LogP contribution in [-0.4, -0.2) is 65.4 Å². The lowest BCUT2D eigenvalue weighted by Gasteiger charge is -2.16. The molecule has 1 unspecified atom stereocenters. The first kappa shape index (κ1) is 24.3. The minimum atomic E-state index is -1.38. The number of aromatic carboxylic acids is 1. The second kappa shape index (κ2) is 10.5. The minimum Gasteiger partial charge on any atom is -0.507 e. The SMILES string of the molecule is CN(C)/C=C/C(=O)c1c(O)cccc1OCC(O)COc1cccc2oc(C(=O)O)cc(=O)c12.